The summed E-state index contributed by atoms with van der Waals surface area (Å²) in [5, 5.41) is 9.13. The van der Waals surface area contributed by atoms with Crippen LogP contribution in [0.4, 0.5) is 5.69 Å². The first-order chi connectivity index (χ1) is 18.3. The van der Waals surface area contributed by atoms with Gasteiger partial charge in [-0.3, -0.25) is 14.4 Å². The van der Waals surface area contributed by atoms with Crippen LogP contribution in [0.1, 0.15) is 16.7 Å². The third-order valence-electron chi connectivity index (χ3n) is 5.21. The topological polar surface area (TPSA) is 127 Å². The SMILES string of the molecule is COc1ccc(CNC(=O)C(=O)N/N=C\c2ccc(OCC(=O)Nc3ccc(Br)cc3C)c(OC)c2)cc1. The normalized spacial score (nSPS) is 10.5. The van der Waals surface area contributed by atoms with E-state index in [1.54, 1.807) is 55.6 Å². The summed E-state index contributed by atoms with van der Waals surface area (Å²) in [6, 6.07) is 17.5. The Morgan fingerprint density at radius 1 is 0.921 bits per heavy atom. The maximum Gasteiger partial charge on any atom is 0.329 e. The minimum atomic E-state index is -0.909. The molecule has 3 aromatic rings. The number of carbonyl (C=O) groups is 3. The summed E-state index contributed by atoms with van der Waals surface area (Å²) in [4.78, 5) is 36.3. The van der Waals surface area contributed by atoms with E-state index < -0.39 is 11.8 Å². The van der Waals surface area contributed by atoms with E-state index >= 15 is 0 Å². The van der Waals surface area contributed by atoms with Crippen molar-refractivity contribution in [3.8, 4) is 17.2 Å². The largest absolute Gasteiger partial charge is 0.497 e. The maximum absolute atomic E-state index is 12.3. The summed E-state index contributed by atoms with van der Waals surface area (Å²) in [5.74, 6) is -0.638. The van der Waals surface area contributed by atoms with Crippen molar-refractivity contribution >= 4 is 45.6 Å². The van der Waals surface area contributed by atoms with Crippen LogP contribution in [-0.2, 0) is 20.9 Å². The first-order valence-corrected chi connectivity index (χ1v) is 12.2. The second kappa shape index (κ2) is 13.8. The summed E-state index contributed by atoms with van der Waals surface area (Å²) in [5.41, 5.74) is 5.17. The average Bonchev–Trinajstić information content (AvgIpc) is 2.92. The average molecular weight is 583 g/mol. The van der Waals surface area contributed by atoms with Crippen LogP contribution in [0.3, 0.4) is 0 Å². The lowest BCUT2D eigenvalue weighted by Crippen LogP contribution is -2.37. The first-order valence-electron chi connectivity index (χ1n) is 11.4. The van der Waals surface area contributed by atoms with Gasteiger partial charge in [0.15, 0.2) is 18.1 Å². The van der Waals surface area contributed by atoms with Gasteiger partial charge in [-0.2, -0.15) is 5.10 Å². The molecule has 38 heavy (non-hydrogen) atoms. The fourth-order valence-electron chi connectivity index (χ4n) is 3.20. The molecule has 0 unspecified atom stereocenters. The predicted molar refractivity (Wildman–Crippen MR) is 147 cm³/mol. The van der Waals surface area contributed by atoms with Crippen molar-refractivity contribution < 1.29 is 28.6 Å². The highest BCUT2D eigenvalue weighted by molar-refractivity contribution is 9.10. The minimum absolute atomic E-state index is 0.180. The van der Waals surface area contributed by atoms with E-state index in [1.165, 1.54) is 13.3 Å². The number of hydrazone groups is 1. The van der Waals surface area contributed by atoms with Gasteiger partial charge in [0.05, 0.1) is 20.4 Å². The molecule has 3 aromatic carbocycles. The number of hydrogen-bond acceptors (Lipinski definition) is 7. The number of halogens is 1. The molecule has 0 fully saturated rings. The summed E-state index contributed by atoms with van der Waals surface area (Å²) >= 11 is 3.39. The molecule has 3 amide bonds. The zero-order valence-electron chi connectivity index (χ0n) is 21.0. The second-order valence-electron chi connectivity index (χ2n) is 7.94. The molecule has 0 aliphatic heterocycles. The van der Waals surface area contributed by atoms with E-state index in [1.807, 2.05) is 19.1 Å². The Morgan fingerprint density at radius 3 is 2.37 bits per heavy atom. The van der Waals surface area contributed by atoms with E-state index in [-0.39, 0.29) is 19.1 Å². The smallest absolute Gasteiger partial charge is 0.329 e. The number of nitrogens with one attached hydrogen (secondary N) is 3. The molecule has 0 spiro atoms. The lowest BCUT2D eigenvalue weighted by molar-refractivity contribution is -0.139. The Balaban J connectivity index is 1.49. The quantitative estimate of drug-likeness (QED) is 0.190. The molecule has 0 radical (unpaired) electrons. The van der Waals surface area contributed by atoms with Crippen molar-refractivity contribution in [2.75, 3.05) is 26.1 Å². The molecular weight excluding hydrogens is 556 g/mol. The molecule has 3 N–H and O–H groups in total. The van der Waals surface area contributed by atoms with Crippen LogP contribution in [0.15, 0.2) is 70.2 Å². The van der Waals surface area contributed by atoms with Crippen LogP contribution in [0.25, 0.3) is 0 Å². The van der Waals surface area contributed by atoms with Crippen LogP contribution in [-0.4, -0.2) is 44.8 Å². The van der Waals surface area contributed by atoms with Crippen molar-refractivity contribution in [3.05, 3.63) is 81.8 Å². The monoisotopic (exact) mass is 582 g/mol. The van der Waals surface area contributed by atoms with Crippen LogP contribution in [0, 0.1) is 6.92 Å². The molecule has 198 valence electrons. The number of rotatable bonds is 10. The van der Waals surface area contributed by atoms with E-state index in [0.29, 0.717) is 28.5 Å². The Hall–Kier alpha value is -4.38. The molecule has 0 aromatic heterocycles. The highest BCUT2D eigenvalue weighted by Gasteiger charge is 2.13. The van der Waals surface area contributed by atoms with Gasteiger partial charge in [0, 0.05) is 16.7 Å². The summed E-state index contributed by atoms with van der Waals surface area (Å²) in [6.07, 6.45) is 1.35. The van der Waals surface area contributed by atoms with Gasteiger partial charge < -0.3 is 24.8 Å². The molecule has 0 heterocycles. The van der Waals surface area contributed by atoms with Crippen molar-refractivity contribution in [1.29, 1.82) is 0 Å². The third kappa shape index (κ3) is 8.34. The number of amides is 3. The Labute approximate surface area is 228 Å². The molecule has 0 saturated carbocycles. The van der Waals surface area contributed by atoms with Crippen LogP contribution >= 0.6 is 15.9 Å². The van der Waals surface area contributed by atoms with E-state index in [9.17, 15) is 14.4 Å². The molecule has 11 heteroatoms. The van der Waals surface area contributed by atoms with Gasteiger partial charge in [0.1, 0.15) is 5.75 Å². The fraction of sp³-hybridized carbons (Fsp3) is 0.185. The van der Waals surface area contributed by atoms with Gasteiger partial charge in [0.25, 0.3) is 5.91 Å². The molecule has 0 bridgehead atoms. The van der Waals surface area contributed by atoms with E-state index in [0.717, 1.165) is 15.6 Å². The summed E-state index contributed by atoms with van der Waals surface area (Å²) in [7, 11) is 3.03. The number of aryl methyl sites for hydroxylation is 1. The number of nitrogens with zero attached hydrogens (tertiary/aromatic N) is 1. The number of methoxy groups -OCH3 is 2. The molecule has 0 aliphatic rings. The fourth-order valence-corrected chi connectivity index (χ4v) is 3.68. The standard InChI is InChI=1S/C27H27BrN4O6/c1-17-12-20(28)7-10-22(17)31-25(33)16-38-23-11-6-19(13-24(23)37-3)15-30-32-27(35)26(34)29-14-18-4-8-21(36-2)9-5-18/h4-13,15H,14,16H2,1-3H3,(H,29,34)(H,31,33)(H,32,35)/b30-15-. The first kappa shape index (κ1) is 28.2. The molecule has 10 nitrogen and oxygen atoms in total. The molecular formula is C27H27BrN4O6. The highest BCUT2D eigenvalue weighted by atomic mass is 79.9. The van der Waals surface area contributed by atoms with Crippen LogP contribution in [0.2, 0.25) is 0 Å². The van der Waals surface area contributed by atoms with Gasteiger partial charge in [0.2, 0.25) is 0 Å². The Kier molecular flexibility index (Phi) is 10.2. The number of benzene rings is 3. The third-order valence-corrected chi connectivity index (χ3v) is 5.70. The van der Waals surface area contributed by atoms with Crippen molar-refractivity contribution in [1.82, 2.24) is 10.7 Å². The lowest BCUT2D eigenvalue weighted by atomic mass is 10.2. The molecule has 0 saturated heterocycles. The minimum Gasteiger partial charge on any atom is -0.497 e. The van der Waals surface area contributed by atoms with E-state index in [4.69, 9.17) is 14.2 Å². The van der Waals surface area contributed by atoms with Gasteiger partial charge in [-0.25, -0.2) is 5.43 Å². The van der Waals surface area contributed by atoms with Gasteiger partial charge in [-0.1, -0.05) is 28.1 Å². The maximum atomic E-state index is 12.3. The van der Waals surface area contributed by atoms with Crippen molar-refractivity contribution in [2.24, 2.45) is 5.10 Å². The van der Waals surface area contributed by atoms with Crippen molar-refractivity contribution in [3.63, 3.8) is 0 Å². The van der Waals surface area contributed by atoms with Crippen LogP contribution in [0.5, 0.6) is 17.2 Å². The van der Waals surface area contributed by atoms with Gasteiger partial charge in [-0.15, -0.1) is 0 Å². The predicted octanol–water partition coefficient (Wildman–Crippen LogP) is 3.56. The zero-order chi connectivity index (χ0) is 27.5. The highest BCUT2D eigenvalue weighted by Crippen LogP contribution is 2.27. The van der Waals surface area contributed by atoms with Gasteiger partial charge >= 0.3 is 11.8 Å². The zero-order valence-corrected chi connectivity index (χ0v) is 22.6. The molecule has 0 aliphatic carbocycles. The number of carbonyl (C=O) groups excluding carboxylic acids is 3. The van der Waals surface area contributed by atoms with Crippen LogP contribution < -0.4 is 30.3 Å². The lowest BCUT2D eigenvalue weighted by Gasteiger charge is -2.12. The van der Waals surface area contributed by atoms with E-state index in [2.05, 4.69) is 37.1 Å². The molecule has 3 rings (SSSR count). The number of anilines is 1. The second-order valence-corrected chi connectivity index (χ2v) is 8.85. The number of hydrogen-bond donors (Lipinski definition) is 3. The Bertz CT molecular complexity index is 1330. The Morgan fingerprint density at radius 2 is 1.68 bits per heavy atom. The van der Waals surface area contributed by atoms with Crippen molar-refractivity contribution in [2.45, 2.75) is 13.5 Å². The molecule has 0 atom stereocenters. The van der Waals surface area contributed by atoms with Gasteiger partial charge in [-0.05, 0) is 72.1 Å². The summed E-state index contributed by atoms with van der Waals surface area (Å²) in [6.45, 7) is 1.85. The number of ether oxygens (including phenoxy) is 3. The summed E-state index contributed by atoms with van der Waals surface area (Å²) < 4.78 is 17.0.